The van der Waals surface area contributed by atoms with Gasteiger partial charge in [-0.05, 0) is 19.8 Å². The fraction of sp³-hybridized carbons (Fsp3) is 0.533. The Balaban J connectivity index is 1.77. The van der Waals surface area contributed by atoms with Crippen LogP contribution in [0.4, 0.5) is 0 Å². The minimum absolute atomic E-state index is 0.0733. The molecule has 1 unspecified atom stereocenters. The number of imidazole rings is 1. The molecule has 2 aromatic heterocycles. The Morgan fingerprint density at radius 2 is 2.38 bits per heavy atom. The number of aromatic nitrogens is 4. The molecule has 1 fully saturated rings. The molecule has 6 heteroatoms. The number of carbonyl (C=O) groups is 1. The average Bonchev–Trinajstić information content (AvgIpc) is 3.15. The molecule has 1 aliphatic heterocycles. The van der Waals surface area contributed by atoms with Crippen molar-refractivity contribution in [2.75, 3.05) is 13.1 Å². The van der Waals surface area contributed by atoms with Crippen molar-refractivity contribution in [1.29, 1.82) is 0 Å². The Kier molecular flexibility index (Phi) is 3.77. The molecule has 0 saturated carbocycles. The van der Waals surface area contributed by atoms with Gasteiger partial charge in [0.2, 0.25) is 0 Å². The van der Waals surface area contributed by atoms with E-state index in [1.165, 1.54) is 0 Å². The van der Waals surface area contributed by atoms with E-state index in [1.807, 2.05) is 24.2 Å². The Morgan fingerprint density at radius 3 is 3.10 bits per heavy atom. The van der Waals surface area contributed by atoms with Crippen LogP contribution in [0.15, 0.2) is 18.6 Å². The van der Waals surface area contributed by atoms with Crippen LogP contribution < -0.4 is 0 Å². The standard InChI is InChI=1S/C15H21N5O/c1-3-14-16-6-8-20(14)12-5-4-7-19(10-12)15(21)13-9-17-18-11(13)2/h6,8-9,12H,3-5,7,10H2,1-2H3,(H,17,18). The molecular weight excluding hydrogens is 266 g/mol. The first-order valence-corrected chi connectivity index (χ1v) is 7.51. The summed E-state index contributed by atoms with van der Waals surface area (Å²) in [4.78, 5) is 18.9. The number of piperidine rings is 1. The van der Waals surface area contributed by atoms with Gasteiger partial charge in [-0.2, -0.15) is 5.10 Å². The molecule has 1 amide bonds. The minimum atomic E-state index is 0.0733. The fourth-order valence-corrected chi connectivity index (χ4v) is 3.05. The lowest BCUT2D eigenvalue weighted by Crippen LogP contribution is -2.41. The van der Waals surface area contributed by atoms with Gasteiger partial charge in [0.05, 0.1) is 17.8 Å². The molecule has 6 nitrogen and oxygen atoms in total. The van der Waals surface area contributed by atoms with E-state index in [-0.39, 0.29) is 5.91 Å². The molecule has 0 spiro atoms. The van der Waals surface area contributed by atoms with E-state index >= 15 is 0 Å². The molecule has 3 heterocycles. The summed E-state index contributed by atoms with van der Waals surface area (Å²) >= 11 is 0. The number of aryl methyl sites for hydroxylation is 2. The summed E-state index contributed by atoms with van der Waals surface area (Å²) in [6.45, 7) is 5.55. The third-order valence-corrected chi connectivity index (χ3v) is 4.20. The molecule has 0 aliphatic carbocycles. The van der Waals surface area contributed by atoms with Crippen LogP contribution in [0.1, 0.15) is 47.7 Å². The van der Waals surface area contributed by atoms with Crippen molar-refractivity contribution >= 4 is 5.91 Å². The Hall–Kier alpha value is -2.11. The van der Waals surface area contributed by atoms with Crippen molar-refractivity contribution in [3.63, 3.8) is 0 Å². The smallest absolute Gasteiger partial charge is 0.257 e. The van der Waals surface area contributed by atoms with Gasteiger partial charge in [-0.3, -0.25) is 9.89 Å². The van der Waals surface area contributed by atoms with Crippen molar-refractivity contribution < 1.29 is 4.79 Å². The molecule has 0 bridgehead atoms. The van der Waals surface area contributed by atoms with Gasteiger partial charge >= 0.3 is 0 Å². The van der Waals surface area contributed by atoms with E-state index in [4.69, 9.17) is 0 Å². The highest BCUT2D eigenvalue weighted by atomic mass is 16.2. The summed E-state index contributed by atoms with van der Waals surface area (Å²) in [6, 6.07) is 0.326. The molecule has 21 heavy (non-hydrogen) atoms. The van der Waals surface area contributed by atoms with Crippen LogP contribution in [0.25, 0.3) is 0 Å². The van der Waals surface area contributed by atoms with Crippen molar-refractivity contribution in [3.05, 3.63) is 35.7 Å². The summed E-state index contributed by atoms with van der Waals surface area (Å²) in [7, 11) is 0. The highest BCUT2D eigenvalue weighted by Gasteiger charge is 2.27. The lowest BCUT2D eigenvalue weighted by molar-refractivity contribution is 0.0677. The lowest BCUT2D eigenvalue weighted by atomic mass is 10.0. The number of aromatic amines is 1. The summed E-state index contributed by atoms with van der Waals surface area (Å²) in [5.74, 6) is 1.16. The SMILES string of the molecule is CCc1nccn1C1CCCN(C(=O)c2cn[nH]c2C)C1. The zero-order valence-electron chi connectivity index (χ0n) is 12.5. The van der Waals surface area contributed by atoms with Crippen molar-refractivity contribution in [2.24, 2.45) is 0 Å². The number of nitrogens with one attached hydrogen (secondary N) is 1. The molecule has 112 valence electrons. The maximum absolute atomic E-state index is 12.6. The van der Waals surface area contributed by atoms with E-state index < -0.39 is 0 Å². The zero-order valence-corrected chi connectivity index (χ0v) is 12.5. The topological polar surface area (TPSA) is 66.8 Å². The highest BCUT2D eigenvalue weighted by Crippen LogP contribution is 2.24. The van der Waals surface area contributed by atoms with Gasteiger partial charge in [0.25, 0.3) is 5.91 Å². The molecule has 1 aliphatic rings. The monoisotopic (exact) mass is 287 g/mol. The van der Waals surface area contributed by atoms with Crippen LogP contribution in [0.2, 0.25) is 0 Å². The first-order valence-electron chi connectivity index (χ1n) is 7.51. The maximum Gasteiger partial charge on any atom is 0.257 e. The molecular formula is C15H21N5O. The normalized spacial score (nSPS) is 19.0. The molecule has 0 aromatic carbocycles. The number of hydrogen-bond donors (Lipinski definition) is 1. The minimum Gasteiger partial charge on any atom is -0.336 e. The first-order chi connectivity index (χ1) is 10.2. The van der Waals surface area contributed by atoms with Gasteiger partial charge < -0.3 is 9.47 Å². The van der Waals surface area contributed by atoms with Gasteiger partial charge in [-0.1, -0.05) is 6.92 Å². The molecule has 1 saturated heterocycles. The summed E-state index contributed by atoms with van der Waals surface area (Å²) < 4.78 is 2.22. The molecule has 3 rings (SSSR count). The molecule has 1 atom stereocenters. The molecule has 0 radical (unpaired) electrons. The van der Waals surface area contributed by atoms with E-state index in [0.717, 1.165) is 43.9 Å². The van der Waals surface area contributed by atoms with Crippen molar-refractivity contribution in [1.82, 2.24) is 24.6 Å². The average molecular weight is 287 g/mol. The third kappa shape index (κ3) is 2.57. The third-order valence-electron chi connectivity index (χ3n) is 4.20. The van der Waals surface area contributed by atoms with E-state index in [0.29, 0.717) is 11.6 Å². The van der Waals surface area contributed by atoms with Gasteiger partial charge in [0.15, 0.2) is 0 Å². The van der Waals surface area contributed by atoms with E-state index in [1.54, 1.807) is 6.20 Å². The summed E-state index contributed by atoms with van der Waals surface area (Å²) in [6.07, 6.45) is 8.53. The maximum atomic E-state index is 12.6. The van der Waals surface area contributed by atoms with Crippen LogP contribution >= 0.6 is 0 Å². The largest absolute Gasteiger partial charge is 0.336 e. The van der Waals surface area contributed by atoms with Gasteiger partial charge in [0, 0.05) is 37.6 Å². The molecule has 1 N–H and O–H groups in total. The van der Waals surface area contributed by atoms with Gasteiger partial charge in [0.1, 0.15) is 5.82 Å². The molecule has 2 aromatic rings. The number of rotatable bonds is 3. The lowest BCUT2D eigenvalue weighted by Gasteiger charge is -2.34. The summed E-state index contributed by atoms with van der Waals surface area (Å²) in [5, 5.41) is 6.78. The number of carbonyl (C=O) groups excluding carboxylic acids is 1. The second-order valence-corrected chi connectivity index (χ2v) is 5.56. The van der Waals surface area contributed by atoms with Crippen molar-refractivity contribution in [3.8, 4) is 0 Å². The van der Waals surface area contributed by atoms with Crippen molar-refractivity contribution in [2.45, 2.75) is 39.2 Å². The number of amides is 1. The highest BCUT2D eigenvalue weighted by molar-refractivity contribution is 5.95. The predicted octanol–water partition coefficient (Wildman–Crippen LogP) is 1.95. The fourth-order valence-electron chi connectivity index (χ4n) is 3.05. The number of H-pyrrole nitrogens is 1. The number of hydrogen-bond acceptors (Lipinski definition) is 3. The van der Waals surface area contributed by atoms with Gasteiger partial charge in [-0.25, -0.2) is 4.98 Å². The van der Waals surface area contributed by atoms with E-state index in [9.17, 15) is 4.79 Å². The quantitative estimate of drug-likeness (QED) is 0.938. The predicted molar refractivity (Wildman–Crippen MR) is 79.1 cm³/mol. The Morgan fingerprint density at radius 1 is 1.52 bits per heavy atom. The number of nitrogens with zero attached hydrogens (tertiary/aromatic N) is 4. The second-order valence-electron chi connectivity index (χ2n) is 5.56. The first kappa shape index (κ1) is 13.9. The Bertz CT molecular complexity index is 630. The van der Waals surface area contributed by atoms with Gasteiger partial charge in [-0.15, -0.1) is 0 Å². The second kappa shape index (κ2) is 5.71. The van der Waals surface area contributed by atoms with Crippen LogP contribution in [0.5, 0.6) is 0 Å². The van der Waals surface area contributed by atoms with E-state index in [2.05, 4.69) is 26.7 Å². The van der Waals surface area contributed by atoms with Crippen LogP contribution in [0.3, 0.4) is 0 Å². The number of likely N-dealkylation sites (tertiary alicyclic amines) is 1. The summed E-state index contributed by atoms with van der Waals surface area (Å²) in [5.41, 5.74) is 1.51. The zero-order chi connectivity index (χ0) is 14.8. The van der Waals surface area contributed by atoms with Crippen LogP contribution in [-0.4, -0.2) is 43.6 Å². The van der Waals surface area contributed by atoms with Crippen LogP contribution in [0, 0.1) is 6.92 Å². The van der Waals surface area contributed by atoms with Crippen LogP contribution in [-0.2, 0) is 6.42 Å². The Labute approximate surface area is 124 Å².